The first-order valence-corrected chi connectivity index (χ1v) is 10.9. The fourth-order valence-corrected chi connectivity index (χ4v) is 4.01. The molecule has 1 aromatic heterocycles. The van der Waals surface area contributed by atoms with E-state index in [0.717, 1.165) is 23.3 Å². The number of fused-ring (bicyclic) bond motifs is 1. The van der Waals surface area contributed by atoms with Crippen LogP contribution in [0.4, 0.5) is 10.1 Å². The number of rotatable bonds is 5. The number of halogens is 2. The predicted molar refractivity (Wildman–Crippen MR) is 131 cm³/mol. The molecule has 4 nitrogen and oxygen atoms in total. The lowest BCUT2D eigenvalue weighted by Gasteiger charge is -2.07. The Hall–Kier alpha value is -4.22. The molecule has 6 heteroatoms. The largest absolute Gasteiger partial charge is 0.450 e. The summed E-state index contributed by atoms with van der Waals surface area (Å²) in [6, 6.07) is 27.4. The summed E-state index contributed by atoms with van der Waals surface area (Å²) in [5.74, 6) is -1.60. The highest BCUT2D eigenvalue weighted by molar-refractivity contribution is 6.35. The number of hydrogen-bond acceptors (Lipinski definition) is 3. The fourth-order valence-electron chi connectivity index (χ4n) is 3.76. The maximum absolute atomic E-state index is 13.5. The molecule has 5 aromatic rings. The Morgan fingerprint density at radius 1 is 0.794 bits per heavy atom. The van der Waals surface area contributed by atoms with E-state index in [9.17, 15) is 14.0 Å². The van der Waals surface area contributed by atoms with Crippen molar-refractivity contribution in [2.75, 3.05) is 5.32 Å². The van der Waals surface area contributed by atoms with Gasteiger partial charge in [0.25, 0.3) is 5.91 Å². The highest BCUT2D eigenvalue weighted by Crippen LogP contribution is 2.36. The van der Waals surface area contributed by atoms with Gasteiger partial charge in [-0.15, -0.1) is 0 Å². The molecule has 0 radical (unpaired) electrons. The van der Waals surface area contributed by atoms with Crippen LogP contribution in [0.2, 0.25) is 5.02 Å². The van der Waals surface area contributed by atoms with Crippen molar-refractivity contribution < 1.29 is 18.4 Å². The molecule has 0 spiro atoms. The van der Waals surface area contributed by atoms with Gasteiger partial charge < -0.3 is 9.73 Å². The van der Waals surface area contributed by atoms with Crippen LogP contribution >= 0.6 is 11.6 Å². The van der Waals surface area contributed by atoms with E-state index in [1.165, 1.54) is 6.07 Å². The van der Waals surface area contributed by atoms with Gasteiger partial charge in [0.2, 0.25) is 5.78 Å². The molecule has 4 aromatic carbocycles. The first kappa shape index (κ1) is 21.6. The molecular formula is C28H17ClFNO3. The quantitative estimate of drug-likeness (QED) is 0.273. The van der Waals surface area contributed by atoms with E-state index in [4.69, 9.17) is 16.0 Å². The molecule has 1 heterocycles. The molecule has 0 fully saturated rings. The molecule has 0 saturated carbocycles. The lowest BCUT2D eigenvalue weighted by Crippen LogP contribution is -2.14. The zero-order chi connectivity index (χ0) is 23.7. The molecule has 0 aliphatic rings. The summed E-state index contributed by atoms with van der Waals surface area (Å²) in [7, 11) is 0. The third-order valence-corrected chi connectivity index (χ3v) is 5.77. The smallest absolute Gasteiger partial charge is 0.255 e. The molecule has 1 amide bonds. The number of anilines is 1. The van der Waals surface area contributed by atoms with Crippen molar-refractivity contribution >= 4 is 39.9 Å². The standard InChI is InChI=1S/C28H17ClFNO3/c29-23-16-20(30)12-14-21(23)26(32)27-25(31-28(33)18-9-5-2-6-10-18)22-13-11-19(15-24(22)34-27)17-7-3-1-4-8-17/h1-16H,(H,31,33). The zero-order valence-corrected chi connectivity index (χ0v) is 18.5. The highest BCUT2D eigenvalue weighted by Gasteiger charge is 2.25. The van der Waals surface area contributed by atoms with Gasteiger partial charge in [0.15, 0.2) is 5.76 Å². The predicted octanol–water partition coefficient (Wildman–Crippen LogP) is 7.38. The van der Waals surface area contributed by atoms with E-state index in [0.29, 0.717) is 16.5 Å². The van der Waals surface area contributed by atoms with Crippen LogP contribution in [0.15, 0.2) is 101 Å². The Kier molecular flexibility index (Phi) is 5.70. The summed E-state index contributed by atoms with van der Waals surface area (Å²) in [4.78, 5) is 26.3. The minimum absolute atomic E-state index is 0.0456. The van der Waals surface area contributed by atoms with Gasteiger partial charge in [0, 0.05) is 16.5 Å². The minimum Gasteiger partial charge on any atom is -0.450 e. The molecule has 0 saturated heterocycles. The topological polar surface area (TPSA) is 59.3 Å². The van der Waals surface area contributed by atoms with Crippen molar-refractivity contribution in [2.45, 2.75) is 0 Å². The third kappa shape index (κ3) is 4.09. The van der Waals surface area contributed by atoms with Gasteiger partial charge in [0.1, 0.15) is 11.4 Å². The van der Waals surface area contributed by atoms with Crippen molar-refractivity contribution in [3.05, 3.63) is 125 Å². The number of ketones is 1. The van der Waals surface area contributed by atoms with E-state index in [1.807, 2.05) is 42.5 Å². The van der Waals surface area contributed by atoms with Crippen LogP contribution in [0.5, 0.6) is 0 Å². The van der Waals surface area contributed by atoms with E-state index in [1.54, 1.807) is 36.4 Å². The Bertz CT molecular complexity index is 1530. The van der Waals surface area contributed by atoms with E-state index in [-0.39, 0.29) is 22.0 Å². The molecule has 0 aliphatic carbocycles. The second-order valence-corrected chi connectivity index (χ2v) is 8.06. The van der Waals surface area contributed by atoms with Crippen LogP contribution in [0.1, 0.15) is 26.5 Å². The van der Waals surface area contributed by atoms with Crippen LogP contribution in [-0.2, 0) is 0 Å². The average molecular weight is 470 g/mol. The summed E-state index contributed by atoms with van der Waals surface area (Å²) in [6.45, 7) is 0. The summed E-state index contributed by atoms with van der Waals surface area (Å²) < 4.78 is 19.5. The van der Waals surface area contributed by atoms with Crippen molar-refractivity contribution in [2.24, 2.45) is 0 Å². The van der Waals surface area contributed by atoms with Gasteiger partial charge in [0.05, 0.1) is 10.7 Å². The second kappa shape index (κ2) is 8.96. The van der Waals surface area contributed by atoms with Crippen LogP contribution in [0.3, 0.4) is 0 Å². The summed E-state index contributed by atoms with van der Waals surface area (Å²) in [6.07, 6.45) is 0. The number of amides is 1. The SMILES string of the molecule is O=C(Nc1c(C(=O)c2ccc(F)cc2Cl)oc2cc(-c3ccccc3)ccc12)c1ccccc1. The number of carbonyl (C=O) groups excluding carboxylic acids is 2. The minimum atomic E-state index is -0.564. The number of carbonyl (C=O) groups is 2. The number of nitrogens with one attached hydrogen (secondary N) is 1. The molecule has 0 bridgehead atoms. The molecular weight excluding hydrogens is 453 g/mol. The van der Waals surface area contributed by atoms with Gasteiger partial charge in [-0.25, -0.2) is 4.39 Å². The van der Waals surface area contributed by atoms with Gasteiger partial charge in [-0.1, -0.05) is 66.2 Å². The van der Waals surface area contributed by atoms with Crippen molar-refractivity contribution in [3.63, 3.8) is 0 Å². The van der Waals surface area contributed by atoms with Gasteiger partial charge >= 0.3 is 0 Å². The Balaban J connectivity index is 1.64. The first-order chi connectivity index (χ1) is 16.5. The molecule has 166 valence electrons. The van der Waals surface area contributed by atoms with Crippen molar-refractivity contribution in [1.82, 2.24) is 0 Å². The Morgan fingerprint density at radius 2 is 1.50 bits per heavy atom. The monoisotopic (exact) mass is 469 g/mol. The van der Waals surface area contributed by atoms with Crippen LogP contribution in [0.25, 0.3) is 22.1 Å². The molecule has 0 unspecified atom stereocenters. The summed E-state index contributed by atoms with van der Waals surface area (Å²) >= 11 is 6.14. The fraction of sp³-hybridized carbons (Fsp3) is 0. The Labute approximate surface area is 199 Å². The van der Waals surface area contributed by atoms with Crippen molar-refractivity contribution in [1.29, 1.82) is 0 Å². The number of benzene rings is 4. The number of hydrogen-bond donors (Lipinski definition) is 1. The molecule has 5 rings (SSSR count). The van der Waals surface area contributed by atoms with Crippen LogP contribution < -0.4 is 5.32 Å². The zero-order valence-electron chi connectivity index (χ0n) is 17.7. The van der Waals surface area contributed by atoms with E-state index in [2.05, 4.69) is 5.32 Å². The van der Waals surface area contributed by atoms with Crippen LogP contribution in [-0.4, -0.2) is 11.7 Å². The summed E-state index contributed by atoms with van der Waals surface area (Å²) in [5.41, 5.74) is 3.02. The normalized spacial score (nSPS) is 10.9. The maximum Gasteiger partial charge on any atom is 0.255 e. The molecule has 0 atom stereocenters. The number of furan rings is 1. The first-order valence-electron chi connectivity index (χ1n) is 10.5. The lowest BCUT2D eigenvalue weighted by molar-refractivity contribution is 0.101. The van der Waals surface area contributed by atoms with E-state index < -0.39 is 17.5 Å². The van der Waals surface area contributed by atoms with Gasteiger partial charge in [-0.05, 0) is 53.6 Å². The van der Waals surface area contributed by atoms with Crippen molar-refractivity contribution in [3.8, 4) is 11.1 Å². The van der Waals surface area contributed by atoms with E-state index >= 15 is 0 Å². The summed E-state index contributed by atoms with van der Waals surface area (Å²) in [5, 5.41) is 3.33. The average Bonchev–Trinajstić information content (AvgIpc) is 3.22. The second-order valence-electron chi connectivity index (χ2n) is 7.66. The molecule has 1 N–H and O–H groups in total. The van der Waals surface area contributed by atoms with Crippen LogP contribution in [0, 0.1) is 5.82 Å². The third-order valence-electron chi connectivity index (χ3n) is 5.45. The molecule has 34 heavy (non-hydrogen) atoms. The van der Waals surface area contributed by atoms with Gasteiger partial charge in [-0.2, -0.15) is 0 Å². The van der Waals surface area contributed by atoms with Gasteiger partial charge in [-0.3, -0.25) is 9.59 Å². The lowest BCUT2D eigenvalue weighted by atomic mass is 10.0. The maximum atomic E-state index is 13.5. The highest BCUT2D eigenvalue weighted by atomic mass is 35.5. The Morgan fingerprint density at radius 3 is 2.21 bits per heavy atom. The molecule has 0 aliphatic heterocycles.